The first-order valence-corrected chi connectivity index (χ1v) is 9.92. The number of nitrogens with zero attached hydrogens (tertiary/aromatic N) is 5. The zero-order valence-electron chi connectivity index (χ0n) is 15.8. The summed E-state index contributed by atoms with van der Waals surface area (Å²) < 4.78 is 8.05. The van der Waals surface area contributed by atoms with Crippen molar-refractivity contribution in [1.82, 2.24) is 19.7 Å². The lowest BCUT2D eigenvalue weighted by atomic mass is 10.2. The number of benzene rings is 1. The molecule has 7 nitrogen and oxygen atoms in total. The molecule has 0 saturated carbocycles. The summed E-state index contributed by atoms with van der Waals surface area (Å²) in [6.45, 7) is 5.03. The molecular weight excluding hydrogens is 362 g/mol. The van der Waals surface area contributed by atoms with E-state index < -0.39 is 0 Å². The fourth-order valence-electron chi connectivity index (χ4n) is 3.35. The van der Waals surface area contributed by atoms with Gasteiger partial charge in [-0.1, -0.05) is 24.3 Å². The van der Waals surface area contributed by atoms with Gasteiger partial charge in [0.2, 0.25) is 5.88 Å². The van der Waals surface area contributed by atoms with Crippen molar-refractivity contribution in [2.45, 2.75) is 13.3 Å². The maximum absolute atomic E-state index is 12.8. The van der Waals surface area contributed by atoms with E-state index in [1.54, 1.807) is 29.3 Å². The molecule has 3 heterocycles. The second-order valence-electron chi connectivity index (χ2n) is 6.66. The number of amides is 1. The number of carbonyl (C=O) groups excluding carboxylic acids is 1. The highest BCUT2D eigenvalue weighted by molar-refractivity contribution is 7.22. The minimum atomic E-state index is -0.0310. The lowest BCUT2D eigenvalue weighted by Gasteiger charge is -2.34. The van der Waals surface area contributed by atoms with Crippen LogP contribution >= 0.6 is 11.3 Å². The lowest BCUT2D eigenvalue weighted by molar-refractivity contribution is 0.0743. The Morgan fingerprint density at radius 2 is 2.04 bits per heavy atom. The van der Waals surface area contributed by atoms with Crippen molar-refractivity contribution < 1.29 is 9.53 Å². The molecule has 0 N–H and O–H groups in total. The maximum Gasteiger partial charge on any atom is 0.261 e. The van der Waals surface area contributed by atoms with E-state index in [9.17, 15) is 4.79 Å². The molecule has 4 rings (SSSR count). The summed E-state index contributed by atoms with van der Waals surface area (Å²) in [5, 5.41) is 5.21. The third-order valence-electron chi connectivity index (χ3n) is 4.91. The van der Waals surface area contributed by atoms with Crippen LogP contribution in [0.3, 0.4) is 0 Å². The highest BCUT2D eigenvalue weighted by atomic mass is 32.1. The number of aromatic nitrogens is 3. The van der Waals surface area contributed by atoms with Gasteiger partial charge in [0.15, 0.2) is 5.13 Å². The van der Waals surface area contributed by atoms with Gasteiger partial charge in [-0.2, -0.15) is 0 Å². The van der Waals surface area contributed by atoms with Crippen molar-refractivity contribution in [3.63, 3.8) is 0 Å². The SMILES string of the molecule is CCc1ccc2nc(N3CCN(C(=O)c4cn(C)nc4OC)CC3)sc2c1. The van der Waals surface area contributed by atoms with Gasteiger partial charge in [0.1, 0.15) is 5.56 Å². The fourth-order valence-corrected chi connectivity index (χ4v) is 4.43. The van der Waals surface area contributed by atoms with Crippen molar-refractivity contribution in [2.75, 3.05) is 38.2 Å². The Bertz CT molecular complexity index is 972. The lowest BCUT2D eigenvalue weighted by Crippen LogP contribution is -2.48. The number of anilines is 1. The first kappa shape index (κ1) is 17.8. The van der Waals surface area contributed by atoms with E-state index in [2.05, 4.69) is 35.1 Å². The molecule has 1 amide bonds. The first-order chi connectivity index (χ1) is 13.1. The first-order valence-electron chi connectivity index (χ1n) is 9.10. The summed E-state index contributed by atoms with van der Waals surface area (Å²) in [5.74, 6) is 0.347. The standard InChI is InChI=1S/C19H23N5O2S/c1-4-13-5-6-15-16(11-13)27-19(20-15)24-9-7-23(8-10-24)18(25)14-12-22(2)21-17(14)26-3/h5-6,11-12H,4,7-10H2,1-3H3. The maximum atomic E-state index is 12.8. The number of carbonyl (C=O) groups is 1. The van der Waals surface area contributed by atoms with E-state index in [0.717, 1.165) is 30.2 Å². The average molecular weight is 385 g/mol. The Labute approximate surface area is 162 Å². The van der Waals surface area contributed by atoms with Crippen LogP contribution in [-0.2, 0) is 13.5 Å². The van der Waals surface area contributed by atoms with Gasteiger partial charge in [-0.25, -0.2) is 4.98 Å². The number of hydrogen-bond donors (Lipinski definition) is 0. The number of ether oxygens (including phenoxy) is 1. The predicted octanol–water partition coefficient (Wildman–Crippen LogP) is 2.56. The molecule has 2 aromatic heterocycles. The number of thiazole rings is 1. The monoisotopic (exact) mass is 385 g/mol. The van der Waals surface area contributed by atoms with E-state index >= 15 is 0 Å². The Balaban J connectivity index is 1.46. The summed E-state index contributed by atoms with van der Waals surface area (Å²) in [6, 6.07) is 6.47. The van der Waals surface area contributed by atoms with Crippen LogP contribution in [0, 0.1) is 0 Å². The Kier molecular flexibility index (Phi) is 4.73. The van der Waals surface area contributed by atoms with Crippen LogP contribution in [0.2, 0.25) is 0 Å². The van der Waals surface area contributed by atoms with Crippen molar-refractivity contribution in [3.8, 4) is 5.88 Å². The molecule has 1 aromatic carbocycles. The van der Waals surface area contributed by atoms with Gasteiger partial charge in [-0.15, -0.1) is 5.10 Å². The van der Waals surface area contributed by atoms with Crippen LogP contribution in [0.15, 0.2) is 24.4 Å². The second-order valence-corrected chi connectivity index (χ2v) is 7.67. The largest absolute Gasteiger partial charge is 0.479 e. The molecule has 3 aromatic rings. The minimum absolute atomic E-state index is 0.0310. The molecule has 142 valence electrons. The smallest absolute Gasteiger partial charge is 0.261 e. The second kappa shape index (κ2) is 7.19. The highest BCUT2D eigenvalue weighted by Gasteiger charge is 2.27. The molecule has 1 saturated heterocycles. The van der Waals surface area contributed by atoms with Gasteiger partial charge in [0.05, 0.1) is 17.3 Å². The van der Waals surface area contributed by atoms with Gasteiger partial charge in [-0.3, -0.25) is 9.48 Å². The fraction of sp³-hybridized carbons (Fsp3) is 0.421. The summed E-state index contributed by atoms with van der Waals surface area (Å²) >= 11 is 1.73. The van der Waals surface area contributed by atoms with E-state index in [-0.39, 0.29) is 5.91 Å². The molecule has 1 fully saturated rings. The number of hydrogen-bond acceptors (Lipinski definition) is 6. The van der Waals surface area contributed by atoms with Crippen molar-refractivity contribution in [1.29, 1.82) is 0 Å². The number of methoxy groups -OCH3 is 1. The Morgan fingerprint density at radius 1 is 1.26 bits per heavy atom. The van der Waals surface area contributed by atoms with Crippen LogP contribution in [0.4, 0.5) is 5.13 Å². The van der Waals surface area contributed by atoms with E-state index in [0.29, 0.717) is 24.5 Å². The zero-order valence-corrected chi connectivity index (χ0v) is 16.6. The minimum Gasteiger partial charge on any atom is -0.479 e. The molecule has 0 atom stereocenters. The third kappa shape index (κ3) is 3.37. The summed E-state index contributed by atoms with van der Waals surface area (Å²) in [5.41, 5.74) is 2.89. The van der Waals surface area contributed by atoms with Crippen LogP contribution in [0.1, 0.15) is 22.8 Å². The predicted molar refractivity (Wildman–Crippen MR) is 107 cm³/mol. The highest BCUT2D eigenvalue weighted by Crippen LogP contribution is 2.30. The Morgan fingerprint density at radius 3 is 2.74 bits per heavy atom. The molecule has 0 bridgehead atoms. The topological polar surface area (TPSA) is 63.5 Å². The van der Waals surface area contributed by atoms with Crippen LogP contribution in [0.5, 0.6) is 5.88 Å². The molecule has 1 aliphatic rings. The van der Waals surface area contributed by atoms with Crippen LogP contribution in [0.25, 0.3) is 10.2 Å². The normalized spacial score (nSPS) is 14.8. The number of rotatable bonds is 4. The molecule has 0 spiro atoms. The molecule has 27 heavy (non-hydrogen) atoms. The molecular formula is C19H23N5O2S. The van der Waals surface area contributed by atoms with E-state index in [4.69, 9.17) is 9.72 Å². The average Bonchev–Trinajstić information content (AvgIpc) is 3.29. The van der Waals surface area contributed by atoms with Crippen LogP contribution < -0.4 is 9.64 Å². The van der Waals surface area contributed by atoms with Gasteiger partial charge >= 0.3 is 0 Å². The number of piperazine rings is 1. The summed E-state index contributed by atoms with van der Waals surface area (Å²) in [6.07, 6.45) is 2.74. The van der Waals surface area contributed by atoms with Gasteiger partial charge in [-0.05, 0) is 24.1 Å². The summed E-state index contributed by atoms with van der Waals surface area (Å²) in [4.78, 5) is 21.7. The molecule has 0 unspecified atom stereocenters. The van der Waals surface area contributed by atoms with Gasteiger partial charge in [0.25, 0.3) is 5.91 Å². The molecule has 8 heteroatoms. The molecule has 0 aliphatic carbocycles. The van der Waals surface area contributed by atoms with Gasteiger partial charge in [0, 0.05) is 39.4 Å². The van der Waals surface area contributed by atoms with E-state index in [1.807, 2.05) is 4.90 Å². The molecule has 0 radical (unpaired) electrons. The Hall–Kier alpha value is -2.61. The van der Waals surface area contributed by atoms with Crippen LogP contribution in [-0.4, -0.2) is 58.9 Å². The van der Waals surface area contributed by atoms with E-state index in [1.165, 1.54) is 17.4 Å². The van der Waals surface area contributed by atoms with Crippen molar-refractivity contribution in [2.24, 2.45) is 7.05 Å². The summed E-state index contributed by atoms with van der Waals surface area (Å²) in [7, 11) is 3.32. The van der Waals surface area contributed by atoms with Crippen molar-refractivity contribution in [3.05, 3.63) is 35.5 Å². The number of aryl methyl sites for hydroxylation is 2. The quantitative estimate of drug-likeness (QED) is 0.691. The third-order valence-corrected chi connectivity index (χ3v) is 5.98. The van der Waals surface area contributed by atoms with Gasteiger partial charge < -0.3 is 14.5 Å². The molecule has 1 aliphatic heterocycles. The number of fused-ring (bicyclic) bond motifs is 1. The van der Waals surface area contributed by atoms with Crippen molar-refractivity contribution >= 4 is 32.6 Å². The zero-order chi connectivity index (χ0) is 19.0.